The van der Waals surface area contributed by atoms with E-state index in [4.69, 9.17) is 5.84 Å². The molecule has 0 spiro atoms. The molecule has 6 nitrogen and oxygen atoms in total. The van der Waals surface area contributed by atoms with Crippen LogP contribution in [0.15, 0.2) is 21.5 Å². The molecule has 2 rings (SSSR count). The van der Waals surface area contributed by atoms with Gasteiger partial charge in [0.2, 0.25) is 0 Å². The van der Waals surface area contributed by atoms with E-state index in [1.165, 1.54) is 23.9 Å². The lowest BCUT2D eigenvalue weighted by atomic mass is 10.3. The fraction of sp³-hybridized carbons (Fsp3) is 0.143. The zero-order valence-corrected chi connectivity index (χ0v) is 9.76. The van der Waals surface area contributed by atoms with Gasteiger partial charge in [0.05, 0.1) is 10.6 Å². The van der Waals surface area contributed by atoms with Crippen LogP contribution in [-0.2, 0) is 0 Å². The second kappa shape index (κ2) is 3.97. The van der Waals surface area contributed by atoms with E-state index in [0.29, 0.717) is 4.47 Å². The van der Waals surface area contributed by atoms with Crippen LogP contribution in [0.3, 0.4) is 0 Å². The van der Waals surface area contributed by atoms with Gasteiger partial charge in [-0.25, -0.2) is 5.43 Å². The third kappa shape index (κ3) is 1.93. The normalized spacial score (nSPS) is 18.4. The van der Waals surface area contributed by atoms with E-state index >= 15 is 0 Å². The zero-order valence-electron chi connectivity index (χ0n) is 7.36. The number of nitrogens with zero attached hydrogens (tertiary/aromatic N) is 1. The Morgan fingerprint density at radius 1 is 1.67 bits per heavy atom. The number of halogens is 1. The van der Waals surface area contributed by atoms with E-state index in [0.717, 1.165) is 10.6 Å². The van der Waals surface area contributed by atoms with Gasteiger partial charge in [-0.2, -0.15) is 0 Å². The van der Waals surface area contributed by atoms with Gasteiger partial charge in [-0.1, -0.05) is 11.8 Å². The molecule has 0 fully saturated rings. The molecular weight excluding hydrogens is 284 g/mol. The minimum absolute atomic E-state index is 0.0626. The van der Waals surface area contributed by atoms with Gasteiger partial charge in [0.15, 0.2) is 0 Å². The Kier molecular flexibility index (Phi) is 2.83. The Balaban J connectivity index is 2.42. The largest absolute Gasteiger partial charge is 0.358 e. The number of rotatable bonds is 2. The fourth-order valence-electron chi connectivity index (χ4n) is 1.27. The van der Waals surface area contributed by atoms with Crippen LogP contribution in [0, 0.1) is 10.1 Å². The van der Waals surface area contributed by atoms with Crippen LogP contribution in [-0.4, -0.2) is 10.4 Å². The highest BCUT2D eigenvalue weighted by Crippen LogP contribution is 2.43. The topological polar surface area (TPSA) is 93.2 Å². The molecule has 80 valence electrons. The first-order valence-electron chi connectivity index (χ1n) is 3.99. The Hall–Kier alpha value is -0.830. The van der Waals surface area contributed by atoms with Crippen molar-refractivity contribution < 1.29 is 4.92 Å². The van der Waals surface area contributed by atoms with E-state index < -0.39 is 4.92 Å². The molecule has 4 N–H and O–H groups in total. The number of fused-ring (bicyclic) bond motifs is 1. The minimum atomic E-state index is -0.422. The van der Waals surface area contributed by atoms with Crippen molar-refractivity contribution in [1.82, 2.24) is 5.43 Å². The number of nitro benzene ring substituents is 1. The van der Waals surface area contributed by atoms with E-state index in [1.54, 1.807) is 0 Å². The van der Waals surface area contributed by atoms with Gasteiger partial charge in [-0.05, 0) is 15.9 Å². The molecule has 1 heterocycles. The summed E-state index contributed by atoms with van der Waals surface area (Å²) in [5.41, 5.74) is 3.28. The quantitative estimate of drug-likeness (QED) is 0.435. The molecule has 0 radical (unpaired) electrons. The molecule has 1 aromatic carbocycles. The molecule has 0 aliphatic carbocycles. The SMILES string of the molecule is NNC1Nc2c(Br)cc([N+](=O)[O-])cc2S1. The first kappa shape index (κ1) is 10.7. The van der Waals surface area contributed by atoms with Gasteiger partial charge in [0, 0.05) is 21.5 Å². The molecule has 8 heteroatoms. The maximum Gasteiger partial charge on any atom is 0.271 e. The molecule has 0 saturated carbocycles. The van der Waals surface area contributed by atoms with Crippen molar-refractivity contribution in [2.24, 2.45) is 5.84 Å². The van der Waals surface area contributed by atoms with Crippen LogP contribution >= 0.6 is 27.7 Å². The zero-order chi connectivity index (χ0) is 11.0. The molecule has 0 amide bonds. The summed E-state index contributed by atoms with van der Waals surface area (Å²) in [6.45, 7) is 0. The van der Waals surface area contributed by atoms with Crippen LogP contribution < -0.4 is 16.6 Å². The van der Waals surface area contributed by atoms with Gasteiger partial charge >= 0.3 is 0 Å². The summed E-state index contributed by atoms with van der Waals surface area (Å²) < 4.78 is 0.664. The van der Waals surface area contributed by atoms with Crippen LogP contribution in [0.25, 0.3) is 0 Å². The number of nitrogens with two attached hydrogens (primary N) is 1. The van der Waals surface area contributed by atoms with Crippen molar-refractivity contribution in [2.45, 2.75) is 10.4 Å². The van der Waals surface area contributed by atoms with Gasteiger partial charge < -0.3 is 5.32 Å². The summed E-state index contributed by atoms with van der Waals surface area (Å²) in [5, 5.41) is 13.7. The smallest absolute Gasteiger partial charge is 0.271 e. The van der Waals surface area contributed by atoms with Crippen LogP contribution in [0.2, 0.25) is 0 Å². The number of benzene rings is 1. The van der Waals surface area contributed by atoms with E-state index in [9.17, 15) is 10.1 Å². The highest BCUT2D eigenvalue weighted by Gasteiger charge is 2.25. The Morgan fingerprint density at radius 3 is 3.00 bits per heavy atom. The van der Waals surface area contributed by atoms with Crippen molar-refractivity contribution in [3.8, 4) is 0 Å². The fourth-order valence-corrected chi connectivity index (χ4v) is 2.94. The summed E-state index contributed by atoms with van der Waals surface area (Å²) in [4.78, 5) is 11.0. The molecule has 1 aromatic rings. The summed E-state index contributed by atoms with van der Waals surface area (Å²) in [6.07, 6.45) is 0. The number of anilines is 1. The van der Waals surface area contributed by atoms with Crippen LogP contribution in [0.5, 0.6) is 0 Å². The molecule has 0 bridgehead atoms. The lowest BCUT2D eigenvalue weighted by Gasteiger charge is -2.07. The number of nitrogens with one attached hydrogen (secondary N) is 2. The Labute approximate surface area is 97.8 Å². The highest BCUT2D eigenvalue weighted by molar-refractivity contribution is 9.10. The van der Waals surface area contributed by atoms with Crippen molar-refractivity contribution in [1.29, 1.82) is 0 Å². The van der Waals surface area contributed by atoms with E-state index in [1.807, 2.05) is 0 Å². The lowest BCUT2D eigenvalue weighted by Crippen LogP contribution is -2.35. The maximum absolute atomic E-state index is 10.6. The molecule has 15 heavy (non-hydrogen) atoms. The molecule has 0 aromatic heterocycles. The van der Waals surface area contributed by atoms with Gasteiger partial charge in [0.1, 0.15) is 5.50 Å². The monoisotopic (exact) mass is 290 g/mol. The third-order valence-electron chi connectivity index (χ3n) is 1.92. The average molecular weight is 291 g/mol. The van der Waals surface area contributed by atoms with Gasteiger partial charge in [-0.3, -0.25) is 16.0 Å². The van der Waals surface area contributed by atoms with E-state index in [-0.39, 0.29) is 11.2 Å². The number of hydrogen-bond acceptors (Lipinski definition) is 6. The summed E-state index contributed by atoms with van der Waals surface area (Å²) in [6, 6.07) is 2.99. The molecular formula is C7H7BrN4O2S. The van der Waals surface area contributed by atoms with Gasteiger partial charge in [-0.15, -0.1) is 0 Å². The minimum Gasteiger partial charge on any atom is -0.358 e. The number of nitro groups is 1. The standard InChI is InChI=1S/C7H7BrN4O2S/c8-4-1-3(12(13)14)2-5-6(4)10-7(11-9)15-5/h1-2,7,10-11H,9H2. The highest BCUT2D eigenvalue weighted by atomic mass is 79.9. The maximum atomic E-state index is 10.6. The second-order valence-corrected chi connectivity index (χ2v) is 4.87. The van der Waals surface area contributed by atoms with Crippen LogP contribution in [0.4, 0.5) is 11.4 Å². The summed E-state index contributed by atoms with van der Waals surface area (Å²) in [7, 11) is 0. The number of thioether (sulfide) groups is 1. The molecule has 1 unspecified atom stereocenters. The summed E-state index contributed by atoms with van der Waals surface area (Å²) in [5.74, 6) is 5.28. The third-order valence-corrected chi connectivity index (χ3v) is 3.61. The second-order valence-electron chi connectivity index (χ2n) is 2.87. The predicted molar refractivity (Wildman–Crippen MR) is 61.4 cm³/mol. The van der Waals surface area contributed by atoms with Gasteiger partial charge in [0.25, 0.3) is 5.69 Å². The molecule has 1 aliphatic heterocycles. The van der Waals surface area contributed by atoms with Crippen molar-refractivity contribution in [3.05, 3.63) is 26.7 Å². The number of hydrogen-bond donors (Lipinski definition) is 3. The number of non-ortho nitro benzene ring substituents is 1. The predicted octanol–water partition coefficient (Wildman–Crippen LogP) is 1.62. The van der Waals surface area contributed by atoms with E-state index in [2.05, 4.69) is 26.7 Å². The van der Waals surface area contributed by atoms with Crippen LogP contribution in [0.1, 0.15) is 0 Å². The number of hydrazine groups is 1. The first-order valence-corrected chi connectivity index (χ1v) is 5.66. The van der Waals surface area contributed by atoms with Crippen molar-refractivity contribution >= 4 is 39.1 Å². The molecule has 1 atom stereocenters. The Morgan fingerprint density at radius 2 is 2.40 bits per heavy atom. The van der Waals surface area contributed by atoms with Crippen molar-refractivity contribution in [2.75, 3.05) is 5.32 Å². The molecule has 0 saturated heterocycles. The van der Waals surface area contributed by atoms with Crippen molar-refractivity contribution in [3.63, 3.8) is 0 Å². The Bertz CT molecular complexity index is 428. The summed E-state index contributed by atoms with van der Waals surface area (Å²) >= 11 is 4.67. The molecule has 1 aliphatic rings. The first-order chi connectivity index (χ1) is 7.11. The average Bonchev–Trinajstić information content (AvgIpc) is 2.61. The lowest BCUT2D eigenvalue weighted by molar-refractivity contribution is -0.385.